The zero-order valence-corrected chi connectivity index (χ0v) is 13.6. The maximum absolute atomic E-state index is 12.1. The van der Waals surface area contributed by atoms with Crippen LogP contribution in [0.25, 0.3) is 0 Å². The molecule has 0 saturated heterocycles. The molecule has 0 amide bonds. The van der Waals surface area contributed by atoms with Crippen LogP contribution < -0.4 is 4.72 Å². The highest BCUT2D eigenvalue weighted by Gasteiger charge is 2.20. The fraction of sp³-hybridized carbons (Fsp3) is 0.286. The molecule has 2 rings (SSSR count). The van der Waals surface area contributed by atoms with Gasteiger partial charge in [-0.15, -0.1) is 11.3 Å². The van der Waals surface area contributed by atoms with Gasteiger partial charge in [-0.05, 0) is 11.4 Å². The van der Waals surface area contributed by atoms with Crippen LogP contribution in [0.4, 0.5) is 5.69 Å². The molecule has 0 unspecified atom stereocenters. The third kappa shape index (κ3) is 4.36. The first-order valence-corrected chi connectivity index (χ1v) is 9.15. The largest absolute Gasteiger partial charge is 0.273 e. The van der Waals surface area contributed by atoms with Gasteiger partial charge in [-0.3, -0.25) is 10.1 Å². The number of hydrogen-bond donors (Lipinski definition) is 1. The molecule has 1 aromatic carbocycles. The molecular weight excluding hydrogens is 324 g/mol. The number of benzene rings is 1. The Morgan fingerprint density at radius 3 is 2.64 bits per heavy atom. The molecule has 0 aliphatic rings. The second-order valence-corrected chi connectivity index (χ2v) is 7.70. The van der Waals surface area contributed by atoms with Crippen molar-refractivity contribution in [1.82, 2.24) is 4.72 Å². The van der Waals surface area contributed by atoms with E-state index in [0.717, 1.165) is 4.88 Å². The molecule has 1 atom stereocenters. The van der Waals surface area contributed by atoms with Crippen LogP contribution in [-0.2, 0) is 15.8 Å². The van der Waals surface area contributed by atoms with E-state index in [9.17, 15) is 18.5 Å². The number of rotatable bonds is 7. The van der Waals surface area contributed by atoms with Crippen molar-refractivity contribution in [3.63, 3.8) is 0 Å². The van der Waals surface area contributed by atoms with Gasteiger partial charge in [0.15, 0.2) is 0 Å². The molecule has 0 bridgehead atoms. The molecule has 0 spiro atoms. The lowest BCUT2D eigenvalue weighted by Gasteiger charge is -2.11. The van der Waals surface area contributed by atoms with Crippen molar-refractivity contribution in [2.24, 2.45) is 0 Å². The van der Waals surface area contributed by atoms with E-state index in [0.29, 0.717) is 0 Å². The van der Waals surface area contributed by atoms with Gasteiger partial charge in [0.2, 0.25) is 10.0 Å². The predicted octanol–water partition coefficient (Wildman–Crippen LogP) is 2.88. The minimum atomic E-state index is -3.63. The minimum Gasteiger partial charge on any atom is -0.258 e. The van der Waals surface area contributed by atoms with Gasteiger partial charge in [-0.2, -0.15) is 0 Å². The van der Waals surface area contributed by atoms with Crippen molar-refractivity contribution in [2.75, 3.05) is 6.54 Å². The Labute approximate surface area is 133 Å². The molecule has 0 aliphatic carbocycles. The van der Waals surface area contributed by atoms with Crippen LogP contribution in [0, 0.1) is 10.1 Å². The molecule has 0 saturated carbocycles. The molecular formula is C14H16N2O4S2. The third-order valence-corrected chi connectivity index (χ3v) is 5.57. The molecule has 0 radical (unpaired) electrons. The Bertz CT molecular complexity index is 742. The van der Waals surface area contributed by atoms with Crippen molar-refractivity contribution in [2.45, 2.75) is 18.6 Å². The number of nitro benzene ring substituents is 1. The van der Waals surface area contributed by atoms with Crippen LogP contribution in [-0.4, -0.2) is 19.9 Å². The van der Waals surface area contributed by atoms with E-state index in [-0.39, 0.29) is 23.7 Å². The van der Waals surface area contributed by atoms with E-state index in [1.165, 1.54) is 18.2 Å². The standard InChI is InChI=1S/C14H16N2O4S2/c1-11(14-7-4-8-21-14)9-15-22(19,20)10-12-5-2-3-6-13(12)16(17)18/h2-8,11,15H,9-10H2,1H3/t11-/m1/s1. The molecule has 0 fully saturated rings. The highest BCUT2D eigenvalue weighted by Crippen LogP contribution is 2.22. The molecule has 0 aliphatic heterocycles. The lowest BCUT2D eigenvalue weighted by molar-refractivity contribution is -0.385. The van der Waals surface area contributed by atoms with Crippen LogP contribution >= 0.6 is 11.3 Å². The number of nitrogens with zero attached hydrogens (tertiary/aromatic N) is 1. The van der Waals surface area contributed by atoms with Crippen molar-refractivity contribution < 1.29 is 13.3 Å². The smallest absolute Gasteiger partial charge is 0.258 e. The molecule has 22 heavy (non-hydrogen) atoms. The summed E-state index contributed by atoms with van der Waals surface area (Å²) in [6.07, 6.45) is 0. The van der Waals surface area contributed by atoms with E-state index in [4.69, 9.17) is 0 Å². The molecule has 118 valence electrons. The van der Waals surface area contributed by atoms with E-state index in [1.807, 2.05) is 24.4 Å². The highest BCUT2D eigenvalue weighted by atomic mass is 32.2. The lowest BCUT2D eigenvalue weighted by Crippen LogP contribution is -2.28. The summed E-state index contributed by atoms with van der Waals surface area (Å²) in [4.78, 5) is 11.4. The van der Waals surface area contributed by atoms with Gasteiger partial charge in [0.05, 0.1) is 10.7 Å². The predicted molar refractivity (Wildman–Crippen MR) is 86.5 cm³/mol. The maximum Gasteiger partial charge on any atom is 0.273 e. The van der Waals surface area contributed by atoms with Crippen molar-refractivity contribution >= 4 is 27.0 Å². The van der Waals surface area contributed by atoms with Crippen molar-refractivity contribution in [1.29, 1.82) is 0 Å². The SMILES string of the molecule is C[C@H](CNS(=O)(=O)Cc1ccccc1[N+](=O)[O-])c1cccs1. The quantitative estimate of drug-likeness (QED) is 0.620. The topological polar surface area (TPSA) is 89.3 Å². The van der Waals surface area contributed by atoms with Gasteiger partial charge in [-0.25, -0.2) is 13.1 Å². The van der Waals surface area contributed by atoms with E-state index in [1.54, 1.807) is 17.4 Å². The second-order valence-electron chi connectivity index (χ2n) is 4.91. The summed E-state index contributed by atoms with van der Waals surface area (Å²) < 4.78 is 26.8. The first-order valence-electron chi connectivity index (χ1n) is 6.62. The number of hydrogen-bond acceptors (Lipinski definition) is 5. The average Bonchev–Trinajstić information content (AvgIpc) is 2.99. The Morgan fingerprint density at radius 2 is 2.00 bits per heavy atom. The van der Waals surface area contributed by atoms with E-state index >= 15 is 0 Å². The number of nitrogens with one attached hydrogen (secondary N) is 1. The molecule has 8 heteroatoms. The van der Waals surface area contributed by atoms with Crippen LogP contribution in [0.2, 0.25) is 0 Å². The lowest BCUT2D eigenvalue weighted by atomic mass is 10.1. The summed E-state index contributed by atoms with van der Waals surface area (Å²) >= 11 is 1.57. The Balaban J connectivity index is 2.04. The zero-order chi connectivity index (χ0) is 16.2. The minimum absolute atomic E-state index is 0.0561. The fourth-order valence-corrected chi connectivity index (χ4v) is 4.04. The number of para-hydroxylation sites is 1. The summed E-state index contributed by atoms with van der Waals surface area (Å²) in [5.41, 5.74) is 0.00274. The number of thiophene rings is 1. The highest BCUT2D eigenvalue weighted by molar-refractivity contribution is 7.88. The fourth-order valence-electron chi connectivity index (χ4n) is 1.99. The summed E-state index contributed by atoms with van der Waals surface area (Å²) in [6.45, 7) is 2.20. The van der Waals surface area contributed by atoms with Crippen LogP contribution in [0.15, 0.2) is 41.8 Å². The summed E-state index contributed by atoms with van der Waals surface area (Å²) in [7, 11) is -3.63. The van der Waals surface area contributed by atoms with Gasteiger partial charge in [0.1, 0.15) is 0 Å². The van der Waals surface area contributed by atoms with Gasteiger partial charge < -0.3 is 0 Å². The van der Waals surface area contributed by atoms with Crippen LogP contribution in [0.5, 0.6) is 0 Å². The first kappa shape index (κ1) is 16.6. The average molecular weight is 340 g/mol. The molecule has 6 nitrogen and oxygen atoms in total. The van der Waals surface area contributed by atoms with Crippen LogP contribution in [0.1, 0.15) is 23.3 Å². The van der Waals surface area contributed by atoms with Crippen molar-refractivity contribution in [3.8, 4) is 0 Å². The van der Waals surface area contributed by atoms with Crippen molar-refractivity contribution in [3.05, 3.63) is 62.3 Å². The van der Waals surface area contributed by atoms with E-state index in [2.05, 4.69) is 4.72 Å². The van der Waals surface area contributed by atoms with Crippen LogP contribution in [0.3, 0.4) is 0 Å². The van der Waals surface area contributed by atoms with E-state index < -0.39 is 20.7 Å². The van der Waals surface area contributed by atoms with Gasteiger partial charge in [0, 0.05) is 29.0 Å². The summed E-state index contributed by atoms with van der Waals surface area (Å²) in [5.74, 6) is -0.345. The molecule has 2 aromatic rings. The van der Waals surface area contributed by atoms with Gasteiger partial charge in [0.25, 0.3) is 5.69 Å². The maximum atomic E-state index is 12.1. The molecule has 1 aromatic heterocycles. The third-order valence-electron chi connectivity index (χ3n) is 3.17. The number of sulfonamides is 1. The Morgan fingerprint density at radius 1 is 1.27 bits per heavy atom. The van der Waals surface area contributed by atoms with Gasteiger partial charge in [-0.1, -0.05) is 31.2 Å². The zero-order valence-electron chi connectivity index (χ0n) is 11.9. The second kappa shape index (κ2) is 6.99. The molecule has 1 heterocycles. The Kier molecular flexibility index (Phi) is 5.28. The summed E-state index contributed by atoms with van der Waals surface area (Å²) in [6, 6.07) is 9.73. The van der Waals surface area contributed by atoms with Gasteiger partial charge >= 0.3 is 0 Å². The normalized spacial score (nSPS) is 13.0. The number of nitro groups is 1. The monoisotopic (exact) mass is 340 g/mol. The first-order chi connectivity index (χ1) is 10.4. The summed E-state index contributed by atoms with van der Waals surface area (Å²) in [5, 5.41) is 12.9. The Hall–Kier alpha value is -1.77. The molecule has 1 N–H and O–H groups in total.